The summed E-state index contributed by atoms with van der Waals surface area (Å²) in [7, 11) is 0. The molecule has 0 fully saturated rings. The minimum absolute atomic E-state index is 0.0783. The van der Waals surface area contributed by atoms with Crippen molar-refractivity contribution in [3.8, 4) is 17.6 Å². The number of phenolic OH excluding ortho intramolecular Hbond substituents is 1. The monoisotopic (exact) mass is 294 g/mol. The van der Waals surface area contributed by atoms with Gasteiger partial charge in [-0.15, -0.1) is 0 Å². The Morgan fingerprint density at radius 1 is 1.27 bits per heavy atom. The van der Waals surface area contributed by atoms with Crippen molar-refractivity contribution in [1.82, 2.24) is 0 Å². The van der Waals surface area contributed by atoms with Crippen LogP contribution in [-0.2, 0) is 11.3 Å². The molecule has 5 nitrogen and oxygen atoms in total. The average molecular weight is 294 g/mol. The topological polar surface area (TPSA) is 73.6 Å². The first-order chi connectivity index (χ1) is 10.6. The van der Waals surface area contributed by atoms with Gasteiger partial charge in [-0.3, -0.25) is 4.79 Å². The Bertz CT molecular complexity index is 762. The van der Waals surface area contributed by atoms with E-state index in [0.29, 0.717) is 23.5 Å². The molecular formula is C17H14N2O3. The number of ether oxygens (including phenoxy) is 1. The Morgan fingerprint density at radius 2 is 2.00 bits per heavy atom. The van der Waals surface area contributed by atoms with Gasteiger partial charge in [0.25, 0.3) is 5.91 Å². The Balaban J connectivity index is 1.96. The van der Waals surface area contributed by atoms with E-state index in [4.69, 9.17) is 10.00 Å². The summed E-state index contributed by atoms with van der Waals surface area (Å²) < 4.78 is 5.56. The number of carbonyl (C=O) groups excluding carboxylic acids is 1. The summed E-state index contributed by atoms with van der Waals surface area (Å²) in [6, 6.07) is 13.8. The molecule has 1 unspecified atom stereocenters. The quantitative estimate of drug-likeness (QED) is 0.924. The molecule has 0 aliphatic carbocycles. The van der Waals surface area contributed by atoms with Gasteiger partial charge in [0.1, 0.15) is 11.5 Å². The summed E-state index contributed by atoms with van der Waals surface area (Å²) in [5.74, 6) is 0.482. The molecule has 0 saturated carbocycles. The lowest BCUT2D eigenvalue weighted by Gasteiger charge is -2.33. The van der Waals surface area contributed by atoms with Gasteiger partial charge in [0, 0.05) is 6.07 Å². The predicted octanol–water partition coefficient (Wildman–Crippen LogP) is 2.58. The maximum Gasteiger partial charge on any atom is 0.268 e. The Labute approximate surface area is 128 Å². The van der Waals surface area contributed by atoms with Gasteiger partial charge in [0.15, 0.2) is 6.10 Å². The summed E-state index contributed by atoms with van der Waals surface area (Å²) in [5, 5.41) is 18.5. The van der Waals surface area contributed by atoms with E-state index in [9.17, 15) is 9.90 Å². The standard InChI is InChI=1S/C17H14N2O3/c1-11-17(21)19(10-13-4-2-12(9-18)3-5-13)15-8-14(20)6-7-16(15)22-11/h2-8,11,20H,10H2,1H3. The largest absolute Gasteiger partial charge is 0.508 e. The van der Waals surface area contributed by atoms with Crippen molar-refractivity contribution >= 4 is 11.6 Å². The molecule has 0 aromatic heterocycles. The van der Waals surface area contributed by atoms with Crippen LogP contribution in [0.5, 0.6) is 11.5 Å². The second kappa shape index (κ2) is 5.41. The van der Waals surface area contributed by atoms with Crippen LogP contribution in [0, 0.1) is 11.3 Å². The Morgan fingerprint density at radius 3 is 2.68 bits per heavy atom. The maximum atomic E-state index is 12.4. The van der Waals surface area contributed by atoms with E-state index in [1.165, 1.54) is 12.1 Å². The van der Waals surface area contributed by atoms with E-state index in [1.807, 2.05) is 12.1 Å². The van der Waals surface area contributed by atoms with Crippen LogP contribution in [-0.4, -0.2) is 17.1 Å². The van der Waals surface area contributed by atoms with Crippen LogP contribution in [0.1, 0.15) is 18.1 Å². The first-order valence-electron chi connectivity index (χ1n) is 6.88. The van der Waals surface area contributed by atoms with Crippen LogP contribution < -0.4 is 9.64 Å². The number of nitrogens with zero attached hydrogens (tertiary/aromatic N) is 2. The molecule has 2 aromatic carbocycles. The van der Waals surface area contributed by atoms with Crippen LogP contribution in [0.4, 0.5) is 5.69 Å². The van der Waals surface area contributed by atoms with Gasteiger partial charge in [0.05, 0.1) is 23.9 Å². The van der Waals surface area contributed by atoms with Gasteiger partial charge in [-0.05, 0) is 36.8 Å². The molecule has 1 aliphatic heterocycles. The van der Waals surface area contributed by atoms with Crippen LogP contribution in [0.15, 0.2) is 42.5 Å². The highest BCUT2D eigenvalue weighted by Crippen LogP contribution is 2.37. The number of rotatable bonds is 2. The van der Waals surface area contributed by atoms with Gasteiger partial charge in [-0.2, -0.15) is 5.26 Å². The van der Waals surface area contributed by atoms with Crippen LogP contribution in [0.2, 0.25) is 0 Å². The van der Waals surface area contributed by atoms with Crippen molar-refractivity contribution in [2.24, 2.45) is 0 Å². The van der Waals surface area contributed by atoms with Crippen LogP contribution in [0.25, 0.3) is 0 Å². The van der Waals surface area contributed by atoms with E-state index in [-0.39, 0.29) is 11.7 Å². The molecule has 1 N–H and O–H groups in total. The third kappa shape index (κ3) is 2.47. The van der Waals surface area contributed by atoms with Crippen LogP contribution in [0.3, 0.4) is 0 Å². The SMILES string of the molecule is CC1Oc2ccc(O)cc2N(Cc2ccc(C#N)cc2)C1=O. The molecule has 1 heterocycles. The fraction of sp³-hybridized carbons (Fsp3) is 0.176. The van der Waals surface area contributed by atoms with Gasteiger partial charge < -0.3 is 14.7 Å². The van der Waals surface area contributed by atoms with E-state index in [1.54, 1.807) is 30.0 Å². The molecule has 0 spiro atoms. The number of anilines is 1. The second-order valence-corrected chi connectivity index (χ2v) is 5.15. The number of aromatic hydroxyl groups is 1. The average Bonchev–Trinajstić information content (AvgIpc) is 2.53. The first kappa shape index (κ1) is 14.0. The molecule has 0 saturated heterocycles. The normalized spacial score (nSPS) is 16.6. The number of hydrogen-bond acceptors (Lipinski definition) is 4. The molecule has 110 valence electrons. The smallest absolute Gasteiger partial charge is 0.268 e. The fourth-order valence-electron chi connectivity index (χ4n) is 2.43. The third-order valence-corrected chi connectivity index (χ3v) is 3.57. The van der Waals surface area contributed by atoms with Gasteiger partial charge in [-0.1, -0.05) is 12.1 Å². The van der Waals surface area contributed by atoms with Gasteiger partial charge in [-0.25, -0.2) is 0 Å². The van der Waals surface area contributed by atoms with Crippen molar-refractivity contribution in [2.75, 3.05) is 4.90 Å². The van der Waals surface area contributed by atoms with Gasteiger partial charge >= 0.3 is 0 Å². The molecule has 2 aromatic rings. The zero-order chi connectivity index (χ0) is 15.7. The minimum atomic E-state index is -0.574. The summed E-state index contributed by atoms with van der Waals surface area (Å²) in [4.78, 5) is 14.0. The fourth-order valence-corrected chi connectivity index (χ4v) is 2.43. The molecule has 1 aliphatic rings. The molecule has 22 heavy (non-hydrogen) atoms. The Hall–Kier alpha value is -3.00. The summed E-state index contributed by atoms with van der Waals surface area (Å²) in [5.41, 5.74) is 2.02. The summed E-state index contributed by atoms with van der Waals surface area (Å²) >= 11 is 0. The molecule has 1 atom stereocenters. The number of phenols is 1. The summed E-state index contributed by atoms with van der Waals surface area (Å²) in [6.45, 7) is 2.05. The number of nitriles is 1. The lowest BCUT2D eigenvalue weighted by Crippen LogP contribution is -2.43. The molecule has 3 rings (SSSR count). The van der Waals surface area contributed by atoms with Crippen molar-refractivity contribution in [2.45, 2.75) is 19.6 Å². The lowest BCUT2D eigenvalue weighted by atomic mass is 10.1. The maximum absolute atomic E-state index is 12.4. The van der Waals surface area contributed by atoms with Crippen molar-refractivity contribution in [1.29, 1.82) is 5.26 Å². The number of benzene rings is 2. The molecule has 5 heteroatoms. The number of amides is 1. The highest BCUT2D eigenvalue weighted by atomic mass is 16.5. The molecule has 1 amide bonds. The number of hydrogen-bond donors (Lipinski definition) is 1. The van der Waals surface area contributed by atoms with Crippen molar-refractivity contribution < 1.29 is 14.6 Å². The van der Waals surface area contributed by atoms with Crippen molar-refractivity contribution in [3.05, 3.63) is 53.6 Å². The van der Waals surface area contributed by atoms with Crippen molar-refractivity contribution in [3.63, 3.8) is 0 Å². The van der Waals surface area contributed by atoms with E-state index < -0.39 is 6.10 Å². The zero-order valence-corrected chi connectivity index (χ0v) is 12.0. The van der Waals surface area contributed by atoms with E-state index >= 15 is 0 Å². The van der Waals surface area contributed by atoms with Crippen LogP contribution >= 0.6 is 0 Å². The number of carbonyl (C=O) groups is 1. The highest BCUT2D eigenvalue weighted by molar-refractivity contribution is 5.99. The molecular weight excluding hydrogens is 280 g/mol. The third-order valence-electron chi connectivity index (χ3n) is 3.57. The zero-order valence-electron chi connectivity index (χ0n) is 12.0. The Kier molecular flexibility index (Phi) is 3.43. The molecule has 0 radical (unpaired) electrons. The van der Waals surface area contributed by atoms with E-state index in [2.05, 4.69) is 6.07 Å². The lowest BCUT2D eigenvalue weighted by molar-refractivity contribution is -0.125. The number of fused-ring (bicyclic) bond motifs is 1. The van der Waals surface area contributed by atoms with E-state index in [0.717, 1.165) is 5.56 Å². The highest BCUT2D eigenvalue weighted by Gasteiger charge is 2.31. The van der Waals surface area contributed by atoms with Gasteiger partial charge in [0.2, 0.25) is 0 Å². The molecule has 0 bridgehead atoms. The predicted molar refractivity (Wildman–Crippen MR) is 80.5 cm³/mol. The second-order valence-electron chi connectivity index (χ2n) is 5.15. The minimum Gasteiger partial charge on any atom is -0.508 e. The summed E-state index contributed by atoms with van der Waals surface area (Å²) in [6.07, 6.45) is -0.574. The first-order valence-corrected chi connectivity index (χ1v) is 6.88.